The molecule has 1 aliphatic rings. The van der Waals surface area contributed by atoms with E-state index in [1.807, 2.05) is 0 Å². The molecule has 1 aromatic carbocycles. The third-order valence-corrected chi connectivity index (χ3v) is 4.75. The molecule has 8 heteroatoms. The van der Waals surface area contributed by atoms with E-state index >= 15 is 0 Å². The lowest BCUT2D eigenvalue weighted by molar-refractivity contribution is -0.137. The van der Waals surface area contributed by atoms with Crippen molar-refractivity contribution < 1.29 is 32.0 Å². The van der Waals surface area contributed by atoms with Crippen molar-refractivity contribution in [3.8, 4) is 0 Å². The molecule has 1 aliphatic carbocycles. The van der Waals surface area contributed by atoms with Crippen LogP contribution in [0, 0.1) is 0 Å². The Balaban J connectivity index is 2.12. The molecule has 0 N–H and O–H groups in total. The fourth-order valence-electron chi connectivity index (χ4n) is 2.46. The molecule has 3 rings (SSSR count). The highest BCUT2D eigenvalue weighted by molar-refractivity contribution is 9.15. The molecule has 0 saturated heterocycles. The zero-order valence-corrected chi connectivity index (χ0v) is 14.1. The summed E-state index contributed by atoms with van der Waals surface area (Å²) in [5.74, 6) is -2.56. The Bertz CT molecular complexity index is 967. The molecule has 0 atom stereocenters. The van der Waals surface area contributed by atoms with Gasteiger partial charge >= 0.3 is 6.18 Å². The molecule has 1 heterocycles. The second-order valence-electron chi connectivity index (χ2n) is 5.36. The quantitative estimate of drug-likeness (QED) is 0.540. The van der Waals surface area contributed by atoms with E-state index in [9.17, 15) is 27.6 Å². The highest BCUT2D eigenvalue weighted by atomic mass is 79.9. The first-order valence-corrected chi connectivity index (χ1v) is 7.71. The third-order valence-electron chi connectivity index (χ3n) is 3.79. The standard InChI is InChI=1S/C17H8BrF3O4/c1-7-12(18)16-11(15(24)13(7)22)10(6-25-16)14(23)8-3-2-4-9(5-8)17(19,20)21/h2-6H,1H3. The molecular formula is C17H8BrF3O4. The van der Waals surface area contributed by atoms with Crippen LogP contribution < -0.4 is 0 Å². The predicted octanol–water partition coefficient (Wildman–Crippen LogP) is 4.42. The van der Waals surface area contributed by atoms with Gasteiger partial charge in [0.1, 0.15) is 6.26 Å². The Morgan fingerprint density at radius 3 is 2.48 bits per heavy atom. The molecule has 4 nitrogen and oxygen atoms in total. The van der Waals surface area contributed by atoms with Gasteiger partial charge in [0.15, 0.2) is 11.5 Å². The predicted molar refractivity (Wildman–Crippen MR) is 84.4 cm³/mol. The van der Waals surface area contributed by atoms with Crippen LogP contribution in [0.1, 0.15) is 44.5 Å². The van der Waals surface area contributed by atoms with Crippen molar-refractivity contribution >= 4 is 37.8 Å². The highest BCUT2D eigenvalue weighted by Crippen LogP contribution is 2.37. The number of carbonyl (C=O) groups excluding carboxylic acids is 3. The van der Waals surface area contributed by atoms with Gasteiger partial charge in [-0.25, -0.2) is 0 Å². The molecule has 0 spiro atoms. The Morgan fingerprint density at radius 2 is 1.84 bits per heavy atom. The molecular weight excluding hydrogens is 405 g/mol. The number of fused-ring (bicyclic) bond motifs is 1. The topological polar surface area (TPSA) is 64.3 Å². The molecule has 0 amide bonds. The van der Waals surface area contributed by atoms with Crippen LogP contribution in [0.2, 0.25) is 0 Å². The lowest BCUT2D eigenvalue weighted by atomic mass is 9.90. The van der Waals surface area contributed by atoms with E-state index in [0.29, 0.717) is 6.07 Å². The SMILES string of the molecule is CC1=C(Br)c2occ(C(=O)c3cccc(C(F)(F)F)c3)c2C(=O)C1=O. The number of hydrogen-bond acceptors (Lipinski definition) is 4. The lowest BCUT2D eigenvalue weighted by Gasteiger charge is -2.12. The number of carbonyl (C=O) groups is 3. The zero-order chi connectivity index (χ0) is 18.5. The molecule has 128 valence electrons. The van der Waals surface area contributed by atoms with Crippen LogP contribution in [0.25, 0.3) is 4.48 Å². The van der Waals surface area contributed by atoms with Gasteiger partial charge in [0.05, 0.1) is 21.2 Å². The summed E-state index contributed by atoms with van der Waals surface area (Å²) in [7, 11) is 0. The van der Waals surface area contributed by atoms with Gasteiger partial charge in [-0.1, -0.05) is 12.1 Å². The van der Waals surface area contributed by atoms with E-state index in [1.165, 1.54) is 13.0 Å². The largest absolute Gasteiger partial charge is 0.462 e. The minimum Gasteiger partial charge on any atom is -0.462 e. The normalized spacial score (nSPS) is 14.8. The van der Waals surface area contributed by atoms with E-state index in [-0.39, 0.29) is 32.5 Å². The van der Waals surface area contributed by atoms with Gasteiger partial charge in [-0.05, 0) is 35.0 Å². The van der Waals surface area contributed by atoms with Gasteiger partial charge in [0.25, 0.3) is 0 Å². The first-order valence-electron chi connectivity index (χ1n) is 6.92. The maximum absolute atomic E-state index is 12.8. The maximum Gasteiger partial charge on any atom is 0.416 e. The first-order chi connectivity index (χ1) is 11.6. The molecule has 0 radical (unpaired) electrons. The number of Topliss-reactive ketones (excluding diaryl/α,β-unsaturated/α-hetero) is 2. The summed E-state index contributed by atoms with van der Waals surface area (Å²) in [6, 6.07) is 3.81. The van der Waals surface area contributed by atoms with Crippen LogP contribution >= 0.6 is 15.9 Å². The summed E-state index contributed by atoms with van der Waals surface area (Å²) in [6.45, 7) is 1.42. The molecule has 0 saturated carbocycles. The van der Waals surface area contributed by atoms with Crippen molar-refractivity contribution in [2.75, 3.05) is 0 Å². The van der Waals surface area contributed by atoms with Gasteiger partial charge in [-0.3, -0.25) is 14.4 Å². The van der Waals surface area contributed by atoms with E-state index in [4.69, 9.17) is 4.42 Å². The van der Waals surface area contributed by atoms with Crippen molar-refractivity contribution in [1.29, 1.82) is 0 Å². The first kappa shape index (κ1) is 17.3. The Labute approximate surface area is 147 Å². The second-order valence-corrected chi connectivity index (χ2v) is 6.15. The van der Waals surface area contributed by atoms with Crippen molar-refractivity contribution in [3.63, 3.8) is 0 Å². The number of ketones is 3. The fourth-order valence-corrected chi connectivity index (χ4v) is 2.93. The monoisotopic (exact) mass is 412 g/mol. The van der Waals surface area contributed by atoms with Crippen LogP contribution in [0.5, 0.6) is 0 Å². The minimum atomic E-state index is -4.61. The maximum atomic E-state index is 12.8. The molecule has 0 unspecified atom stereocenters. The van der Waals surface area contributed by atoms with Crippen molar-refractivity contribution in [3.05, 3.63) is 64.1 Å². The van der Waals surface area contributed by atoms with Gasteiger partial charge in [0, 0.05) is 11.1 Å². The lowest BCUT2D eigenvalue weighted by Crippen LogP contribution is -2.23. The summed E-state index contributed by atoms with van der Waals surface area (Å²) in [5.41, 5.74) is -1.62. The molecule has 0 bridgehead atoms. The average Bonchev–Trinajstić information content (AvgIpc) is 3.02. The van der Waals surface area contributed by atoms with Gasteiger partial charge in [-0.2, -0.15) is 13.2 Å². The Hall–Kier alpha value is -2.48. The number of alkyl halides is 3. The van der Waals surface area contributed by atoms with Crippen molar-refractivity contribution in [2.45, 2.75) is 13.1 Å². The average molecular weight is 413 g/mol. The smallest absolute Gasteiger partial charge is 0.416 e. The summed E-state index contributed by atoms with van der Waals surface area (Å²) in [5, 5.41) is 0. The third kappa shape index (κ3) is 2.76. The van der Waals surface area contributed by atoms with Crippen LogP contribution in [0.3, 0.4) is 0 Å². The van der Waals surface area contributed by atoms with E-state index in [0.717, 1.165) is 18.4 Å². The summed E-state index contributed by atoms with van der Waals surface area (Å²) >= 11 is 3.13. The number of furan rings is 1. The number of allylic oxidation sites excluding steroid dienone is 1. The van der Waals surface area contributed by atoms with Gasteiger partial charge in [0.2, 0.25) is 11.6 Å². The van der Waals surface area contributed by atoms with E-state index in [1.54, 1.807) is 0 Å². The van der Waals surface area contributed by atoms with Gasteiger partial charge < -0.3 is 4.42 Å². The molecule has 1 aromatic heterocycles. The van der Waals surface area contributed by atoms with E-state index < -0.39 is 29.1 Å². The zero-order valence-electron chi connectivity index (χ0n) is 12.5. The summed E-state index contributed by atoms with van der Waals surface area (Å²) in [4.78, 5) is 36.8. The van der Waals surface area contributed by atoms with Crippen LogP contribution in [0.15, 0.2) is 40.5 Å². The minimum absolute atomic E-state index is 0.0115. The van der Waals surface area contributed by atoms with Crippen molar-refractivity contribution in [2.24, 2.45) is 0 Å². The van der Waals surface area contributed by atoms with E-state index in [2.05, 4.69) is 15.9 Å². The fraction of sp³-hybridized carbons (Fsp3) is 0.118. The Morgan fingerprint density at radius 1 is 1.16 bits per heavy atom. The summed E-state index contributed by atoms with van der Waals surface area (Å²) < 4.78 is 43.9. The molecule has 0 aliphatic heterocycles. The highest BCUT2D eigenvalue weighted by Gasteiger charge is 2.37. The van der Waals surface area contributed by atoms with Crippen LogP contribution in [-0.4, -0.2) is 17.3 Å². The number of halogens is 4. The molecule has 25 heavy (non-hydrogen) atoms. The second kappa shape index (κ2) is 5.80. The number of benzene rings is 1. The Kier molecular flexibility index (Phi) is 4.03. The van der Waals surface area contributed by atoms with Crippen LogP contribution in [0.4, 0.5) is 13.2 Å². The van der Waals surface area contributed by atoms with Crippen molar-refractivity contribution in [1.82, 2.24) is 0 Å². The summed E-state index contributed by atoms with van der Waals surface area (Å²) in [6.07, 6.45) is -3.64. The van der Waals surface area contributed by atoms with Gasteiger partial charge in [-0.15, -0.1) is 0 Å². The molecule has 0 fully saturated rings. The molecule has 2 aromatic rings. The number of hydrogen-bond donors (Lipinski definition) is 0. The number of rotatable bonds is 2. The van der Waals surface area contributed by atoms with Crippen LogP contribution in [-0.2, 0) is 11.0 Å².